The van der Waals surface area contributed by atoms with Crippen LogP contribution in [0, 0.1) is 0 Å². The number of ether oxygens (including phenoxy) is 1. The largest absolute Gasteiger partial charge is 0.469 e. The fourth-order valence-electron chi connectivity index (χ4n) is 2.27. The third-order valence-corrected chi connectivity index (χ3v) is 3.73. The van der Waals surface area contributed by atoms with Crippen molar-refractivity contribution in [3.63, 3.8) is 0 Å². The van der Waals surface area contributed by atoms with E-state index < -0.39 is 0 Å². The van der Waals surface area contributed by atoms with Gasteiger partial charge in [-0.15, -0.1) is 0 Å². The van der Waals surface area contributed by atoms with Gasteiger partial charge in [0.05, 0.1) is 7.11 Å². The highest BCUT2D eigenvalue weighted by molar-refractivity contribution is 5.68. The molecular formula is C19H34O4. The van der Waals surface area contributed by atoms with E-state index in [9.17, 15) is 4.79 Å². The molecule has 0 saturated carbocycles. The lowest BCUT2D eigenvalue weighted by Gasteiger charge is -2.03. The van der Waals surface area contributed by atoms with Crippen molar-refractivity contribution in [3.8, 4) is 0 Å². The van der Waals surface area contributed by atoms with Gasteiger partial charge in [0.25, 0.3) is 0 Å². The van der Waals surface area contributed by atoms with Crippen molar-refractivity contribution in [1.82, 2.24) is 0 Å². The van der Waals surface area contributed by atoms with Gasteiger partial charge >= 0.3 is 5.97 Å². The van der Waals surface area contributed by atoms with Crippen molar-refractivity contribution < 1.29 is 19.7 Å². The molecule has 1 unspecified atom stereocenters. The highest BCUT2D eigenvalue weighted by Crippen LogP contribution is 2.09. The Morgan fingerprint density at radius 1 is 0.957 bits per heavy atom. The normalized spacial score (nSPS) is 13.0. The maximum absolute atomic E-state index is 10.9. The second-order valence-corrected chi connectivity index (χ2v) is 5.80. The molecular weight excluding hydrogens is 292 g/mol. The topological polar surface area (TPSA) is 55.8 Å². The molecule has 0 fully saturated rings. The van der Waals surface area contributed by atoms with Crippen LogP contribution in [0.25, 0.3) is 0 Å². The number of methoxy groups -OCH3 is 1. The Balaban J connectivity index is 3.56. The van der Waals surface area contributed by atoms with Gasteiger partial charge in [0.1, 0.15) is 6.10 Å². The first-order chi connectivity index (χ1) is 11.2. The molecule has 23 heavy (non-hydrogen) atoms. The number of esters is 1. The summed E-state index contributed by atoms with van der Waals surface area (Å²) in [5.74, 6) is -0.120. The van der Waals surface area contributed by atoms with E-state index in [1.807, 2.05) is 12.2 Å². The summed E-state index contributed by atoms with van der Waals surface area (Å²) in [6, 6.07) is 0. The summed E-state index contributed by atoms with van der Waals surface area (Å²) in [7, 11) is 1.43. The molecule has 0 aromatic rings. The Morgan fingerprint density at radius 2 is 1.52 bits per heavy atom. The first kappa shape index (κ1) is 21.9. The predicted molar refractivity (Wildman–Crippen MR) is 94.3 cm³/mol. The van der Waals surface area contributed by atoms with Gasteiger partial charge in [-0.2, -0.15) is 0 Å². The molecule has 0 amide bonds. The number of allylic oxidation sites excluding steroid dienone is 2. The quantitative estimate of drug-likeness (QED) is 0.143. The molecule has 0 rings (SSSR count). The molecule has 0 bridgehead atoms. The minimum Gasteiger partial charge on any atom is -0.469 e. The third kappa shape index (κ3) is 15.5. The van der Waals surface area contributed by atoms with Crippen LogP contribution in [0.5, 0.6) is 0 Å². The summed E-state index contributed by atoms with van der Waals surface area (Å²) >= 11 is 0. The summed E-state index contributed by atoms with van der Waals surface area (Å²) in [6.45, 7) is 2.19. The molecule has 0 aliphatic heterocycles. The molecule has 0 aromatic carbocycles. The van der Waals surface area contributed by atoms with E-state index in [0.29, 0.717) is 6.42 Å². The zero-order valence-electron chi connectivity index (χ0n) is 14.8. The first-order valence-corrected chi connectivity index (χ1v) is 8.95. The lowest BCUT2D eigenvalue weighted by Crippen LogP contribution is -2.02. The smallest absolute Gasteiger partial charge is 0.305 e. The molecule has 0 radical (unpaired) electrons. The van der Waals surface area contributed by atoms with E-state index >= 15 is 0 Å². The number of unbranched alkanes of at least 4 members (excludes halogenated alkanes) is 8. The zero-order chi connectivity index (χ0) is 17.2. The molecule has 0 heterocycles. The highest BCUT2D eigenvalue weighted by Gasteiger charge is 1.99. The molecule has 0 aromatic heterocycles. The molecule has 1 N–H and O–H groups in total. The molecule has 1 atom stereocenters. The standard InChI is InChI=1S/C19H34O4/c1-3-4-5-9-12-15-18(23-21)16-13-10-7-6-8-11-14-17-19(20)22-2/h12-13,15-16,18,21H,3-11,14,17H2,1-2H3/b15-12-,16-13-. The summed E-state index contributed by atoms with van der Waals surface area (Å²) in [5, 5.41) is 8.85. The van der Waals surface area contributed by atoms with Gasteiger partial charge in [-0.3, -0.25) is 10.1 Å². The number of carbonyl (C=O) groups is 1. The van der Waals surface area contributed by atoms with Crippen LogP contribution in [0.2, 0.25) is 0 Å². The van der Waals surface area contributed by atoms with Crippen LogP contribution >= 0.6 is 0 Å². The lowest BCUT2D eigenvalue weighted by atomic mass is 10.1. The van der Waals surface area contributed by atoms with Crippen LogP contribution in [0.4, 0.5) is 0 Å². The Kier molecular flexibility index (Phi) is 16.4. The van der Waals surface area contributed by atoms with E-state index in [0.717, 1.165) is 44.9 Å². The fourth-order valence-corrected chi connectivity index (χ4v) is 2.27. The molecule has 0 aliphatic rings. The molecule has 0 aliphatic carbocycles. The first-order valence-electron chi connectivity index (χ1n) is 8.95. The predicted octanol–water partition coefficient (Wildman–Crippen LogP) is 5.44. The Labute approximate surface area is 141 Å². The van der Waals surface area contributed by atoms with E-state index in [2.05, 4.69) is 28.7 Å². The van der Waals surface area contributed by atoms with E-state index in [1.165, 1.54) is 26.4 Å². The van der Waals surface area contributed by atoms with Gasteiger partial charge in [0, 0.05) is 6.42 Å². The second kappa shape index (κ2) is 17.2. The molecule has 4 heteroatoms. The van der Waals surface area contributed by atoms with Gasteiger partial charge in [-0.1, -0.05) is 63.3 Å². The summed E-state index contributed by atoms with van der Waals surface area (Å²) in [6.07, 6.45) is 19.2. The number of hydrogen-bond acceptors (Lipinski definition) is 4. The van der Waals surface area contributed by atoms with Crippen molar-refractivity contribution in [2.45, 2.75) is 83.7 Å². The minimum absolute atomic E-state index is 0.120. The summed E-state index contributed by atoms with van der Waals surface area (Å²) in [4.78, 5) is 15.4. The number of rotatable bonds is 15. The van der Waals surface area contributed by atoms with Crippen molar-refractivity contribution >= 4 is 5.97 Å². The van der Waals surface area contributed by atoms with Crippen LogP contribution in [0.1, 0.15) is 77.6 Å². The summed E-state index contributed by atoms with van der Waals surface area (Å²) in [5.41, 5.74) is 0. The van der Waals surface area contributed by atoms with Crippen molar-refractivity contribution in [1.29, 1.82) is 0 Å². The number of carbonyl (C=O) groups excluding carboxylic acids is 1. The van der Waals surface area contributed by atoms with E-state index in [-0.39, 0.29) is 12.1 Å². The average Bonchev–Trinajstić information content (AvgIpc) is 2.57. The van der Waals surface area contributed by atoms with E-state index in [1.54, 1.807) is 0 Å². The molecule has 0 spiro atoms. The van der Waals surface area contributed by atoms with Gasteiger partial charge < -0.3 is 4.74 Å². The van der Waals surface area contributed by atoms with Crippen LogP contribution in [0.15, 0.2) is 24.3 Å². The molecule has 134 valence electrons. The maximum Gasteiger partial charge on any atom is 0.305 e. The lowest BCUT2D eigenvalue weighted by molar-refractivity contribution is -0.254. The zero-order valence-corrected chi connectivity index (χ0v) is 14.8. The maximum atomic E-state index is 10.9. The monoisotopic (exact) mass is 326 g/mol. The third-order valence-electron chi connectivity index (χ3n) is 3.73. The number of hydrogen-bond donors (Lipinski definition) is 1. The van der Waals surface area contributed by atoms with Crippen LogP contribution in [-0.2, 0) is 14.4 Å². The Hall–Kier alpha value is -1.13. The van der Waals surface area contributed by atoms with Gasteiger partial charge in [-0.25, -0.2) is 4.89 Å². The van der Waals surface area contributed by atoms with Crippen LogP contribution < -0.4 is 0 Å². The average molecular weight is 326 g/mol. The van der Waals surface area contributed by atoms with Crippen molar-refractivity contribution in [2.24, 2.45) is 0 Å². The van der Waals surface area contributed by atoms with Crippen LogP contribution in [0.3, 0.4) is 0 Å². The second-order valence-electron chi connectivity index (χ2n) is 5.80. The SMILES string of the molecule is CCCCC/C=C\C(/C=C\CCCCCCCC(=O)OC)OO. The van der Waals surface area contributed by atoms with Gasteiger partial charge in [0.15, 0.2) is 0 Å². The van der Waals surface area contributed by atoms with Crippen molar-refractivity contribution in [2.75, 3.05) is 7.11 Å². The van der Waals surface area contributed by atoms with Crippen LogP contribution in [-0.4, -0.2) is 24.4 Å². The van der Waals surface area contributed by atoms with Crippen molar-refractivity contribution in [3.05, 3.63) is 24.3 Å². The molecule has 4 nitrogen and oxygen atoms in total. The van der Waals surface area contributed by atoms with Gasteiger partial charge in [0.2, 0.25) is 0 Å². The Morgan fingerprint density at radius 3 is 2.09 bits per heavy atom. The highest BCUT2D eigenvalue weighted by atomic mass is 17.1. The molecule has 0 saturated heterocycles. The minimum atomic E-state index is -0.336. The fraction of sp³-hybridized carbons (Fsp3) is 0.737. The Bertz CT molecular complexity index is 323. The van der Waals surface area contributed by atoms with E-state index in [4.69, 9.17) is 5.26 Å². The summed E-state index contributed by atoms with van der Waals surface area (Å²) < 4.78 is 4.60. The van der Waals surface area contributed by atoms with Gasteiger partial charge in [-0.05, 0) is 32.1 Å².